The number of halogens is 1. The van der Waals surface area contributed by atoms with Crippen LogP contribution in [0, 0.1) is 11.8 Å². The maximum absolute atomic E-state index is 14.4. The van der Waals surface area contributed by atoms with Gasteiger partial charge >= 0.3 is 0 Å². The summed E-state index contributed by atoms with van der Waals surface area (Å²) in [6.45, 7) is 9.67. The van der Waals surface area contributed by atoms with E-state index in [1.54, 1.807) is 18.2 Å². The summed E-state index contributed by atoms with van der Waals surface area (Å²) in [6, 6.07) is 10.7. The Morgan fingerprint density at radius 2 is 1.76 bits per heavy atom. The first-order chi connectivity index (χ1) is 17.9. The topological polar surface area (TPSA) is 87.7 Å². The Morgan fingerprint density at radius 3 is 2.29 bits per heavy atom. The number of hydrogen-bond acceptors (Lipinski definition) is 4. The Morgan fingerprint density at radius 1 is 1.13 bits per heavy atom. The van der Waals surface area contributed by atoms with Crippen LogP contribution in [-0.2, 0) is 27.2 Å². The largest absolute Gasteiger partial charge is 0.495 e. The minimum Gasteiger partial charge on any atom is -0.495 e. The van der Waals surface area contributed by atoms with E-state index in [1.807, 2.05) is 46.8 Å². The fraction of sp³-hybridized carbons (Fsp3) is 0.500. The molecule has 0 radical (unpaired) electrons. The predicted octanol–water partition coefficient (Wildman–Crippen LogP) is 4.46. The average molecular weight is 540 g/mol. The molecule has 1 aliphatic carbocycles. The normalized spacial score (nSPS) is 20.8. The number of piperazine rings is 1. The maximum atomic E-state index is 14.4. The van der Waals surface area contributed by atoms with Gasteiger partial charge in [-0.3, -0.25) is 14.4 Å². The Kier molecular flexibility index (Phi) is 8.07. The fourth-order valence-corrected chi connectivity index (χ4v) is 5.87. The quantitative estimate of drug-likeness (QED) is 0.544. The molecule has 2 N–H and O–H groups in total. The molecule has 1 heterocycles. The molecule has 0 unspecified atom stereocenters. The number of benzene rings is 2. The van der Waals surface area contributed by atoms with Crippen molar-refractivity contribution in [2.45, 2.75) is 77.5 Å². The SMILES string of the molecule is COc1ccc([C@H](C(=O)NC(C)(C)C)N2C(=O)[C@@H](C3Cc4ccccc4C3)NC(=O)[C@H]2CC(C)C)cc1Cl. The van der Waals surface area contributed by atoms with E-state index in [0.717, 1.165) is 0 Å². The van der Waals surface area contributed by atoms with Gasteiger partial charge in [-0.2, -0.15) is 0 Å². The van der Waals surface area contributed by atoms with E-state index in [-0.39, 0.29) is 29.6 Å². The van der Waals surface area contributed by atoms with Crippen molar-refractivity contribution in [3.63, 3.8) is 0 Å². The summed E-state index contributed by atoms with van der Waals surface area (Å²) in [6.07, 6.45) is 1.82. The molecule has 1 aliphatic heterocycles. The zero-order chi connectivity index (χ0) is 27.8. The first-order valence-corrected chi connectivity index (χ1v) is 13.6. The van der Waals surface area contributed by atoms with E-state index in [2.05, 4.69) is 22.8 Å². The summed E-state index contributed by atoms with van der Waals surface area (Å²) in [5.41, 5.74) is 2.37. The lowest BCUT2D eigenvalue weighted by Crippen LogP contribution is -2.67. The number of carbonyl (C=O) groups is 3. The van der Waals surface area contributed by atoms with Crippen LogP contribution in [0.4, 0.5) is 0 Å². The van der Waals surface area contributed by atoms with Gasteiger partial charge in [0.05, 0.1) is 12.1 Å². The Bertz CT molecular complexity index is 1200. The number of fused-ring (bicyclic) bond motifs is 1. The van der Waals surface area contributed by atoms with Crippen molar-refractivity contribution in [1.29, 1.82) is 0 Å². The van der Waals surface area contributed by atoms with E-state index < -0.39 is 23.7 Å². The molecule has 3 atom stereocenters. The first kappa shape index (κ1) is 28.0. The second-order valence-corrected chi connectivity index (χ2v) is 12.3. The molecular formula is C30H38ClN3O4. The summed E-state index contributed by atoms with van der Waals surface area (Å²) < 4.78 is 5.32. The molecule has 4 rings (SSSR count). The highest BCUT2D eigenvalue weighted by atomic mass is 35.5. The second kappa shape index (κ2) is 11.0. The summed E-state index contributed by atoms with van der Waals surface area (Å²) in [5, 5.41) is 6.40. The van der Waals surface area contributed by atoms with Crippen molar-refractivity contribution in [3.05, 3.63) is 64.2 Å². The number of hydrogen-bond donors (Lipinski definition) is 2. The number of amides is 3. The number of rotatable bonds is 7. The van der Waals surface area contributed by atoms with Gasteiger partial charge in [-0.25, -0.2) is 0 Å². The van der Waals surface area contributed by atoms with Crippen LogP contribution in [-0.4, -0.2) is 47.4 Å². The van der Waals surface area contributed by atoms with Crippen molar-refractivity contribution in [3.8, 4) is 5.75 Å². The smallest absolute Gasteiger partial charge is 0.247 e. The molecule has 2 aromatic rings. The van der Waals surface area contributed by atoms with Crippen LogP contribution in [0.25, 0.3) is 0 Å². The predicted molar refractivity (Wildman–Crippen MR) is 148 cm³/mol. The highest BCUT2D eigenvalue weighted by Crippen LogP contribution is 2.37. The fourth-order valence-electron chi connectivity index (χ4n) is 5.60. The molecule has 2 aromatic carbocycles. The monoisotopic (exact) mass is 539 g/mol. The van der Waals surface area contributed by atoms with Crippen LogP contribution < -0.4 is 15.4 Å². The Hall–Kier alpha value is -3.06. The van der Waals surface area contributed by atoms with Crippen LogP contribution in [0.2, 0.25) is 5.02 Å². The lowest BCUT2D eigenvalue weighted by molar-refractivity contribution is -0.158. The molecule has 2 aliphatic rings. The van der Waals surface area contributed by atoms with Crippen molar-refractivity contribution in [2.24, 2.45) is 11.8 Å². The zero-order valence-corrected chi connectivity index (χ0v) is 23.8. The van der Waals surface area contributed by atoms with Gasteiger partial charge in [0.15, 0.2) is 0 Å². The third-order valence-electron chi connectivity index (χ3n) is 7.22. The van der Waals surface area contributed by atoms with Gasteiger partial charge in [-0.15, -0.1) is 0 Å². The van der Waals surface area contributed by atoms with Crippen molar-refractivity contribution in [1.82, 2.24) is 15.5 Å². The van der Waals surface area contributed by atoms with Gasteiger partial charge in [-0.05, 0) is 80.7 Å². The van der Waals surface area contributed by atoms with Gasteiger partial charge in [-0.1, -0.05) is 55.8 Å². The highest BCUT2D eigenvalue weighted by molar-refractivity contribution is 6.32. The van der Waals surface area contributed by atoms with Gasteiger partial charge in [0.1, 0.15) is 23.9 Å². The average Bonchev–Trinajstić information content (AvgIpc) is 3.26. The molecule has 7 nitrogen and oxygen atoms in total. The number of carbonyl (C=O) groups excluding carboxylic acids is 3. The minimum absolute atomic E-state index is 0.0860. The van der Waals surface area contributed by atoms with Gasteiger partial charge in [0.2, 0.25) is 17.7 Å². The van der Waals surface area contributed by atoms with Crippen LogP contribution in [0.3, 0.4) is 0 Å². The van der Waals surface area contributed by atoms with Gasteiger partial charge < -0.3 is 20.3 Å². The van der Waals surface area contributed by atoms with Crippen LogP contribution >= 0.6 is 11.6 Å². The molecule has 1 saturated heterocycles. The van der Waals surface area contributed by atoms with Gasteiger partial charge in [0.25, 0.3) is 0 Å². The number of nitrogens with one attached hydrogen (secondary N) is 2. The molecule has 204 valence electrons. The molecule has 1 fully saturated rings. The third-order valence-corrected chi connectivity index (χ3v) is 7.52. The van der Waals surface area contributed by atoms with E-state index in [4.69, 9.17) is 16.3 Å². The van der Waals surface area contributed by atoms with Crippen molar-refractivity contribution < 1.29 is 19.1 Å². The summed E-state index contributed by atoms with van der Waals surface area (Å²) >= 11 is 6.48. The lowest BCUT2D eigenvalue weighted by Gasteiger charge is -2.45. The van der Waals surface area contributed by atoms with E-state index in [9.17, 15) is 14.4 Å². The van der Waals surface area contributed by atoms with Crippen LogP contribution in [0.1, 0.15) is 63.8 Å². The molecule has 38 heavy (non-hydrogen) atoms. The summed E-state index contributed by atoms with van der Waals surface area (Å²) in [5.74, 6) is -0.324. The van der Waals surface area contributed by atoms with Gasteiger partial charge in [0, 0.05) is 5.54 Å². The highest BCUT2D eigenvalue weighted by Gasteiger charge is 2.49. The molecule has 0 aromatic heterocycles. The zero-order valence-electron chi connectivity index (χ0n) is 23.0. The van der Waals surface area contributed by atoms with Crippen LogP contribution in [0.15, 0.2) is 42.5 Å². The number of nitrogens with zero attached hydrogens (tertiary/aromatic N) is 1. The molecule has 8 heteroatoms. The lowest BCUT2D eigenvalue weighted by atomic mass is 9.87. The van der Waals surface area contributed by atoms with E-state index in [1.165, 1.54) is 23.1 Å². The standard InChI is InChI=1S/C30H38ClN3O4/c1-17(2)13-23-27(35)32-25(21-14-18-9-7-8-10-19(18)15-21)29(37)34(23)26(28(36)33-30(3,4)5)20-11-12-24(38-6)22(31)16-20/h7-12,16-17,21,23,25-26H,13-15H2,1-6H3,(H,32,35)(H,33,36)/t23-,25-,26-/m1/s1. The maximum Gasteiger partial charge on any atom is 0.247 e. The molecule has 0 spiro atoms. The first-order valence-electron chi connectivity index (χ1n) is 13.2. The molecule has 3 amide bonds. The third kappa shape index (κ3) is 5.83. The Labute approximate surface area is 230 Å². The minimum atomic E-state index is -1.04. The van der Waals surface area contributed by atoms with Crippen LogP contribution in [0.5, 0.6) is 5.75 Å². The number of methoxy groups -OCH3 is 1. The summed E-state index contributed by atoms with van der Waals surface area (Å²) in [4.78, 5) is 43.4. The van der Waals surface area contributed by atoms with Crippen molar-refractivity contribution in [2.75, 3.05) is 7.11 Å². The Balaban J connectivity index is 1.79. The summed E-state index contributed by atoms with van der Waals surface area (Å²) in [7, 11) is 1.52. The molecule has 0 saturated carbocycles. The number of ether oxygens (including phenoxy) is 1. The van der Waals surface area contributed by atoms with E-state index in [0.29, 0.717) is 35.6 Å². The second-order valence-electron chi connectivity index (χ2n) is 11.8. The molecular weight excluding hydrogens is 502 g/mol. The van der Waals surface area contributed by atoms with E-state index >= 15 is 0 Å². The van der Waals surface area contributed by atoms with Crippen molar-refractivity contribution >= 4 is 29.3 Å². The molecule has 0 bridgehead atoms.